The molecule has 0 aliphatic carbocycles. The van der Waals surface area contributed by atoms with Crippen LogP contribution in [-0.2, 0) is 19.4 Å². The summed E-state index contributed by atoms with van der Waals surface area (Å²) >= 11 is 2.82. The van der Waals surface area contributed by atoms with Crippen LogP contribution in [0.5, 0.6) is 11.6 Å². The molecule has 8 rings (SSSR count). The Balaban J connectivity index is 0.929. The zero-order chi connectivity index (χ0) is 34.9. The second-order valence-electron chi connectivity index (χ2n) is 11.9. The lowest BCUT2D eigenvalue weighted by molar-refractivity contribution is 0.102. The number of benzene rings is 4. The first-order valence-corrected chi connectivity index (χ1v) is 17.9. The van der Waals surface area contributed by atoms with E-state index in [1.54, 1.807) is 0 Å². The number of thiazole rings is 2. The third-order valence-electron chi connectivity index (χ3n) is 8.64. The highest BCUT2D eigenvalue weighted by atomic mass is 32.1. The summed E-state index contributed by atoms with van der Waals surface area (Å²) in [5.74, 6) is 0.957. The number of nitrogens with zero attached hydrogens (tertiary/aromatic N) is 5. The van der Waals surface area contributed by atoms with Crippen LogP contribution < -0.4 is 25.4 Å². The van der Waals surface area contributed by atoms with Crippen LogP contribution in [0.4, 0.5) is 21.0 Å². The molecule has 0 unspecified atom stereocenters. The molecular weight excluding hydrogens is 687 g/mol. The zero-order valence-corrected chi connectivity index (χ0v) is 28.7. The molecule has 7 aromatic rings. The van der Waals surface area contributed by atoms with Crippen LogP contribution in [0.25, 0.3) is 26.9 Å². The molecule has 0 bridgehead atoms. The van der Waals surface area contributed by atoms with E-state index in [0.29, 0.717) is 71.4 Å². The van der Waals surface area contributed by atoms with E-state index in [-0.39, 0.29) is 11.8 Å². The van der Waals surface area contributed by atoms with Gasteiger partial charge in [-0.2, -0.15) is 4.98 Å². The van der Waals surface area contributed by atoms with Gasteiger partial charge in [0, 0.05) is 24.3 Å². The van der Waals surface area contributed by atoms with Gasteiger partial charge >= 0.3 is 6.16 Å². The van der Waals surface area contributed by atoms with E-state index in [4.69, 9.17) is 15.2 Å². The number of nitrogen functional groups attached to an aromatic ring is 1. The summed E-state index contributed by atoms with van der Waals surface area (Å²) in [6.45, 7) is 1.51. The first-order valence-electron chi connectivity index (χ1n) is 16.3. The minimum absolute atomic E-state index is 0.0738. The number of anilines is 3. The van der Waals surface area contributed by atoms with Crippen molar-refractivity contribution in [2.24, 2.45) is 0 Å². The number of hydrogen-bond donors (Lipinski definition) is 3. The summed E-state index contributed by atoms with van der Waals surface area (Å²) in [5, 5.41) is 13.6. The molecule has 1 aliphatic heterocycles. The number of fused-ring (bicyclic) bond motifs is 3. The van der Waals surface area contributed by atoms with Gasteiger partial charge in [-0.15, -0.1) is 0 Å². The van der Waals surface area contributed by atoms with Crippen molar-refractivity contribution >= 4 is 72.2 Å². The number of hydrogen-bond acceptors (Lipinski definition) is 11. The highest BCUT2D eigenvalue weighted by Gasteiger charge is 2.26. The number of carbonyl (C=O) groups excluding carboxylic acids is 1. The second-order valence-corrected chi connectivity index (χ2v) is 14.0. The normalized spacial score (nSPS) is 12.6. The van der Waals surface area contributed by atoms with Crippen molar-refractivity contribution in [3.63, 3.8) is 0 Å². The summed E-state index contributed by atoms with van der Waals surface area (Å²) < 4.78 is 14.0. The average Bonchev–Trinajstić information content (AvgIpc) is 3.83. The number of carbonyl (C=O) groups is 2. The molecule has 0 radical (unpaired) electrons. The SMILES string of the molecule is Nc1nc2ccccc2n1-c1ccc(OCCCc2sc(N3CCc4cccc(C(=O)Nc5nc6ccccc6s5)c4C3)nc2OC(=O)O)cc1. The van der Waals surface area contributed by atoms with Crippen LogP contribution in [0.15, 0.2) is 91.0 Å². The maximum Gasteiger partial charge on any atom is 0.512 e. The van der Waals surface area contributed by atoms with Crippen LogP contribution >= 0.6 is 22.7 Å². The fourth-order valence-corrected chi connectivity index (χ4v) is 8.17. The third kappa shape index (κ3) is 6.66. The van der Waals surface area contributed by atoms with Crippen molar-refractivity contribution in [2.75, 3.05) is 29.1 Å². The van der Waals surface area contributed by atoms with Crippen molar-refractivity contribution < 1.29 is 24.2 Å². The van der Waals surface area contributed by atoms with Crippen molar-refractivity contribution in [3.05, 3.63) is 113 Å². The molecule has 4 heterocycles. The average molecular weight is 718 g/mol. The molecule has 1 amide bonds. The summed E-state index contributed by atoms with van der Waals surface area (Å²) in [7, 11) is 0. The fraction of sp³-hybridized carbons (Fsp3) is 0.162. The monoisotopic (exact) mass is 717 g/mol. The molecule has 4 aromatic carbocycles. The maximum absolute atomic E-state index is 13.5. The molecule has 0 atom stereocenters. The van der Waals surface area contributed by atoms with Gasteiger partial charge in [-0.25, -0.2) is 14.8 Å². The lowest BCUT2D eigenvalue weighted by atomic mass is 9.94. The smallest absolute Gasteiger partial charge is 0.494 e. The Morgan fingerprint density at radius 3 is 2.53 bits per heavy atom. The minimum atomic E-state index is -1.42. The Kier molecular flexibility index (Phi) is 8.67. The van der Waals surface area contributed by atoms with Gasteiger partial charge in [0.15, 0.2) is 10.3 Å². The summed E-state index contributed by atoms with van der Waals surface area (Å²) in [6, 6.07) is 28.9. The molecule has 0 fully saturated rings. The van der Waals surface area contributed by atoms with E-state index < -0.39 is 6.16 Å². The molecular formula is C37H31N7O5S2. The number of imidazole rings is 1. The van der Waals surface area contributed by atoms with E-state index in [9.17, 15) is 14.7 Å². The molecule has 12 nitrogen and oxygen atoms in total. The van der Waals surface area contributed by atoms with E-state index in [1.807, 2.05) is 95.6 Å². The van der Waals surface area contributed by atoms with Crippen LogP contribution in [0.3, 0.4) is 0 Å². The van der Waals surface area contributed by atoms with E-state index >= 15 is 0 Å². The van der Waals surface area contributed by atoms with Crippen molar-refractivity contribution in [3.8, 4) is 17.3 Å². The van der Waals surface area contributed by atoms with Crippen LogP contribution in [0.1, 0.15) is 32.8 Å². The lowest BCUT2D eigenvalue weighted by Gasteiger charge is -2.29. The van der Waals surface area contributed by atoms with E-state index in [2.05, 4.69) is 25.2 Å². The van der Waals surface area contributed by atoms with Gasteiger partial charge in [0.25, 0.3) is 5.91 Å². The van der Waals surface area contributed by atoms with Gasteiger partial charge in [-0.05, 0) is 85.0 Å². The van der Waals surface area contributed by atoms with E-state index in [0.717, 1.165) is 38.1 Å². The minimum Gasteiger partial charge on any atom is -0.494 e. The van der Waals surface area contributed by atoms with Crippen LogP contribution in [-0.4, -0.2) is 49.8 Å². The molecule has 1 aliphatic rings. The van der Waals surface area contributed by atoms with Gasteiger partial charge in [-0.1, -0.05) is 59.1 Å². The number of nitrogens with two attached hydrogens (primary N) is 1. The standard InChI is InChI=1S/C37H31N7O5S2/c38-34-39-27-9-1-3-11-29(27)44(34)23-14-16-24(17-15-23)48-20-6-13-31-33(49-37(46)47)42-36(51-31)43-19-18-22-7-5-8-25(26(22)21-43)32(45)41-35-40-28-10-2-4-12-30(28)50-35/h1-5,7-12,14-17H,6,13,18-21H2,(H2,38,39)(H,46,47)(H,40,41,45). The van der Waals surface area contributed by atoms with Gasteiger partial charge in [0.2, 0.25) is 11.8 Å². The van der Waals surface area contributed by atoms with Crippen LogP contribution in [0, 0.1) is 0 Å². The Labute approximate surface area is 299 Å². The van der Waals surface area contributed by atoms with Crippen LogP contribution in [0.2, 0.25) is 0 Å². The first-order chi connectivity index (χ1) is 24.9. The van der Waals surface area contributed by atoms with Gasteiger partial charge in [0.1, 0.15) is 5.75 Å². The summed E-state index contributed by atoms with van der Waals surface area (Å²) in [4.78, 5) is 41.4. The first kappa shape index (κ1) is 32.2. The topological polar surface area (TPSA) is 158 Å². The number of ether oxygens (including phenoxy) is 2. The molecule has 0 saturated carbocycles. The quantitative estimate of drug-likeness (QED) is 0.0953. The Morgan fingerprint density at radius 2 is 1.71 bits per heavy atom. The maximum atomic E-state index is 13.5. The number of aryl methyl sites for hydroxylation is 1. The molecule has 51 heavy (non-hydrogen) atoms. The molecule has 0 saturated heterocycles. The number of rotatable bonds is 10. The van der Waals surface area contributed by atoms with Crippen molar-refractivity contribution in [2.45, 2.75) is 25.8 Å². The number of aromatic nitrogens is 4. The van der Waals surface area contributed by atoms with Gasteiger partial charge in [0.05, 0.1) is 32.7 Å². The molecule has 3 aromatic heterocycles. The highest BCUT2D eigenvalue weighted by molar-refractivity contribution is 7.22. The predicted octanol–water partition coefficient (Wildman–Crippen LogP) is 7.56. The fourth-order valence-electron chi connectivity index (χ4n) is 6.26. The van der Waals surface area contributed by atoms with E-state index in [1.165, 1.54) is 22.7 Å². The Hall–Kier alpha value is -5.99. The number of para-hydroxylation sites is 3. The number of amides is 1. The Bertz CT molecular complexity index is 2370. The zero-order valence-electron chi connectivity index (χ0n) is 27.1. The van der Waals surface area contributed by atoms with Crippen molar-refractivity contribution in [1.82, 2.24) is 19.5 Å². The lowest BCUT2D eigenvalue weighted by Crippen LogP contribution is -2.32. The second kappa shape index (κ2) is 13.7. The predicted molar refractivity (Wildman–Crippen MR) is 199 cm³/mol. The molecule has 4 N–H and O–H groups in total. The molecule has 14 heteroatoms. The third-order valence-corrected chi connectivity index (χ3v) is 10.7. The summed E-state index contributed by atoms with van der Waals surface area (Å²) in [6.07, 6.45) is 0.402. The highest BCUT2D eigenvalue weighted by Crippen LogP contribution is 2.36. The molecule has 256 valence electrons. The van der Waals surface area contributed by atoms with Crippen molar-refractivity contribution in [1.29, 1.82) is 0 Å². The number of nitrogens with one attached hydrogen (secondary N) is 1. The van der Waals surface area contributed by atoms with Gasteiger partial charge in [-0.3, -0.25) is 14.7 Å². The summed E-state index contributed by atoms with van der Waals surface area (Å²) in [5.41, 5.74) is 12.2. The number of carboxylic acid groups (broad SMARTS) is 1. The molecule has 0 spiro atoms. The van der Waals surface area contributed by atoms with Gasteiger partial charge < -0.3 is 25.2 Å². The Morgan fingerprint density at radius 1 is 0.902 bits per heavy atom. The largest absolute Gasteiger partial charge is 0.512 e.